The second-order valence-corrected chi connectivity index (χ2v) is 7.08. The zero-order valence-corrected chi connectivity index (χ0v) is 16.6. The van der Waals surface area contributed by atoms with Crippen molar-refractivity contribution in [1.82, 2.24) is 9.47 Å². The maximum absolute atomic E-state index is 13.2. The number of hydrogen-bond acceptors (Lipinski definition) is 4. The lowest BCUT2D eigenvalue weighted by Crippen LogP contribution is -2.49. The van der Waals surface area contributed by atoms with Gasteiger partial charge in [-0.25, -0.2) is 4.39 Å². The van der Waals surface area contributed by atoms with Gasteiger partial charge < -0.3 is 14.5 Å². The zero-order valence-electron chi connectivity index (χ0n) is 16.6. The van der Waals surface area contributed by atoms with Gasteiger partial charge in [0.15, 0.2) is 0 Å². The van der Waals surface area contributed by atoms with Crippen molar-refractivity contribution < 1.29 is 13.9 Å². The van der Waals surface area contributed by atoms with E-state index < -0.39 is 0 Å². The first-order valence-corrected chi connectivity index (χ1v) is 9.72. The fourth-order valence-corrected chi connectivity index (χ4v) is 3.56. The van der Waals surface area contributed by atoms with Crippen molar-refractivity contribution in [2.75, 3.05) is 38.2 Å². The predicted molar refractivity (Wildman–Crippen MR) is 113 cm³/mol. The van der Waals surface area contributed by atoms with Crippen LogP contribution < -0.4 is 15.2 Å². The van der Waals surface area contributed by atoms with E-state index in [0.29, 0.717) is 24.3 Å². The molecule has 1 aliphatic heterocycles. The molecule has 3 aromatic rings. The van der Waals surface area contributed by atoms with Crippen LogP contribution in [0.25, 0.3) is 5.69 Å². The molecule has 2 aromatic carbocycles. The average Bonchev–Trinajstić information content (AvgIpc) is 2.80. The smallest absolute Gasteiger partial charge is 0.255 e. The molecule has 0 spiro atoms. The van der Waals surface area contributed by atoms with Crippen molar-refractivity contribution in [3.8, 4) is 11.4 Å². The van der Waals surface area contributed by atoms with Crippen molar-refractivity contribution in [2.24, 2.45) is 0 Å². The Bertz CT molecular complexity index is 1090. The molecule has 0 saturated carbocycles. The van der Waals surface area contributed by atoms with E-state index in [9.17, 15) is 14.0 Å². The van der Waals surface area contributed by atoms with Gasteiger partial charge in [-0.2, -0.15) is 0 Å². The summed E-state index contributed by atoms with van der Waals surface area (Å²) in [4.78, 5) is 29.2. The number of methoxy groups -OCH3 is 1. The van der Waals surface area contributed by atoms with Crippen LogP contribution >= 0.6 is 0 Å². The van der Waals surface area contributed by atoms with Crippen molar-refractivity contribution in [3.05, 3.63) is 88.6 Å². The normalized spacial score (nSPS) is 13.9. The Morgan fingerprint density at radius 2 is 1.50 bits per heavy atom. The van der Waals surface area contributed by atoms with E-state index in [0.717, 1.165) is 24.5 Å². The van der Waals surface area contributed by atoms with Gasteiger partial charge in [0.05, 0.1) is 12.7 Å². The summed E-state index contributed by atoms with van der Waals surface area (Å²) in [7, 11) is 1.64. The van der Waals surface area contributed by atoms with Crippen LogP contribution in [-0.2, 0) is 0 Å². The minimum absolute atomic E-state index is 0.125. The Labute approximate surface area is 173 Å². The molecule has 1 amide bonds. The minimum atomic E-state index is -0.381. The number of hydrogen-bond donors (Lipinski definition) is 0. The fourth-order valence-electron chi connectivity index (χ4n) is 3.56. The van der Waals surface area contributed by atoms with E-state index in [-0.39, 0.29) is 17.3 Å². The largest absolute Gasteiger partial charge is 0.497 e. The lowest BCUT2D eigenvalue weighted by molar-refractivity contribution is 0.0746. The topological polar surface area (TPSA) is 54.8 Å². The van der Waals surface area contributed by atoms with Crippen LogP contribution in [0.1, 0.15) is 10.4 Å². The van der Waals surface area contributed by atoms with Crippen LogP contribution in [-0.4, -0.2) is 48.7 Å². The quantitative estimate of drug-likeness (QED) is 0.667. The first-order chi connectivity index (χ1) is 14.5. The van der Waals surface area contributed by atoms with Crippen LogP contribution in [0.2, 0.25) is 0 Å². The summed E-state index contributed by atoms with van der Waals surface area (Å²) in [5, 5.41) is 0. The van der Waals surface area contributed by atoms with Crippen molar-refractivity contribution in [3.63, 3.8) is 0 Å². The van der Waals surface area contributed by atoms with Gasteiger partial charge in [0.2, 0.25) is 0 Å². The number of rotatable bonds is 4. The van der Waals surface area contributed by atoms with E-state index >= 15 is 0 Å². The Kier molecular flexibility index (Phi) is 5.52. The zero-order chi connectivity index (χ0) is 21.1. The highest BCUT2D eigenvalue weighted by atomic mass is 19.1. The molecule has 0 bridgehead atoms. The lowest BCUT2D eigenvalue weighted by atomic mass is 10.2. The standard InChI is InChI=1S/C23H22FN3O3/c1-30-21-9-7-19(8-10-21)25-12-14-26(15-13-25)23(29)17-2-11-22(28)27(16-17)20-5-3-18(24)4-6-20/h2-11,16H,12-15H2,1H3. The number of carbonyl (C=O) groups is 1. The number of anilines is 1. The van der Waals surface area contributed by atoms with Crippen LogP contribution in [0, 0.1) is 5.82 Å². The van der Waals surface area contributed by atoms with E-state index in [4.69, 9.17) is 4.74 Å². The maximum atomic E-state index is 13.2. The lowest BCUT2D eigenvalue weighted by Gasteiger charge is -2.36. The molecule has 0 atom stereocenters. The molecule has 1 aromatic heterocycles. The molecule has 1 saturated heterocycles. The molecule has 30 heavy (non-hydrogen) atoms. The summed E-state index contributed by atoms with van der Waals surface area (Å²) in [6, 6.07) is 16.4. The molecule has 2 heterocycles. The number of aromatic nitrogens is 1. The summed E-state index contributed by atoms with van der Waals surface area (Å²) < 4.78 is 19.7. The molecule has 0 aliphatic carbocycles. The summed E-state index contributed by atoms with van der Waals surface area (Å²) in [5.41, 5.74) is 1.76. The SMILES string of the molecule is COc1ccc(N2CCN(C(=O)c3ccc(=O)n(-c4ccc(F)cc4)c3)CC2)cc1. The van der Waals surface area contributed by atoms with Gasteiger partial charge in [0.25, 0.3) is 11.5 Å². The molecule has 7 heteroatoms. The van der Waals surface area contributed by atoms with Gasteiger partial charge in [-0.05, 0) is 54.6 Å². The highest BCUT2D eigenvalue weighted by molar-refractivity contribution is 5.94. The van der Waals surface area contributed by atoms with Gasteiger partial charge >= 0.3 is 0 Å². The number of carbonyl (C=O) groups excluding carboxylic acids is 1. The number of halogens is 1. The van der Waals surface area contributed by atoms with Crippen LogP contribution in [0.5, 0.6) is 5.75 Å². The van der Waals surface area contributed by atoms with E-state index in [1.54, 1.807) is 18.1 Å². The first-order valence-electron chi connectivity index (χ1n) is 9.72. The molecule has 154 valence electrons. The molecule has 1 fully saturated rings. The Morgan fingerprint density at radius 1 is 0.867 bits per heavy atom. The second-order valence-electron chi connectivity index (χ2n) is 7.08. The van der Waals surface area contributed by atoms with E-state index in [1.807, 2.05) is 24.3 Å². The second kappa shape index (κ2) is 8.41. The molecular weight excluding hydrogens is 385 g/mol. The van der Waals surface area contributed by atoms with Gasteiger partial charge in [-0.3, -0.25) is 14.2 Å². The molecular formula is C23H22FN3O3. The summed E-state index contributed by atoms with van der Waals surface area (Å²) in [6.07, 6.45) is 1.52. The third kappa shape index (κ3) is 4.05. The van der Waals surface area contributed by atoms with Crippen LogP contribution in [0.3, 0.4) is 0 Å². The Balaban J connectivity index is 1.47. The molecule has 0 radical (unpaired) electrons. The van der Waals surface area contributed by atoms with Gasteiger partial charge in [0, 0.05) is 49.8 Å². The highest BCUT2D eigenvalue weighted by Gasteiger charge is 2.23. The van der Waals surface area contributed by atoms with Crippen LogP contribution in [0.4, 0.5) is 10.1 Å². The average molecular weight is 407 g/mol. The molecule has 0 unspecified atom stereocenters. The fraction of sp³-hybridized carbons (Fsp3) is 0.217. The third-order valence-corrected chi connectivity index (χ3v) is 5.27. The number of ether oxygens (including phenoxy) is 1. The van der Waals surface area contributed by atoms with Crippen molar-refractivity contribution >= 4 is 11.6 Å². The number of amides is 1. The van der Waals surface area contributed by atoms with Crippen molar-refractivity contribution in [1.29, 1.82) is 0 Å². The Hall–Kier alpha value is -3.61. The number of piperazine rings is 1. The minimum Gasteiger partial charge on any atom is -0.497 e. The number of nitrogens with zero attached hydrogens (tertiary/aromatic N) is 3. The van der Waals surface area contributed by atoms with Gasteiger partial charge in [-0.15, -0.1) is 0 Å². The summed E-state index contributed by atoms with van der Waals surface area (Å²) in [6.45, 7) is 2.60. The monoisotopic (exact) mass is 407 g/mol. The maximum Gasteiger partial charge on any atom is 0.255 e. The van der Waals surface area contributed by atoms with Crippen LogP contribution in [0.15, 0.2) is 71.7 Å². The Morgan fingerprint density at radius 3 is 2.13 bits per heavy atom. The highest BCUT2D eigenvalue weighted by Crippen LogP contribution is 2.21. The van der Waals surface area contributed by atoms with Gasteiger partial charge in [0.1, 0.15) is 11.6 Å². The summed E-state index contributed by atoms with van der Waals surface area (Å²) >= 11 is 0. The predicted octanol–water partition coefficient (Wildman–Crippen LogP) is 2.95. The molecule has 1 aliphatic rings. The molecule has 0 N–H and O–H groups in total. The third-order valence-electron chi connectivity index (χ3n) is 5.27. The van der Waals surface area contributed by atoms with Gasteiger partial charge in [-0.1, -0.05) is 0 Å². The van der Waals surface area contributed by atoms with Crippen molar-refractivity contribution in [2.45, 2.75) is 0 Å². The van der Waals surface area contributed by atoms with E-state index in [2.05, 4.69) is 4.90 Å². The molecule has 6 nitrogen and oxygen atoms in total. The summed E-state index contributed by atoms with van der Waals surface area (Å²) in [5.74, 6) is 0.304. The number of pyridine rings is 1. The first kappa shape index (κ1) is 19.7. The number of benzene rings is 2. The molecule has 4 rings (SSSR count). The van der Waals surface area contributed by atoms with E-state index in [1.165, 1.54) is 41.1 Å².